The van der Waals surface area contributed by atoms with Crippen molar-refractivity contribution in [2.45, 2.75) is 37.6 Å². The average molecular weight is 352 g/mol. The Labute approximate surface area is 149 Å². The lowest BCUT2D eigenvalue weighted by atomic mass is 9.90. The van der Waals surface area contributed by atoms with Crippen LogP contribution in [0.4, 0.5) is 0 Å². The van der Waals surface area contributed by atoms with Gasteiger partial charge in [-0.3, -0.25) is 9.59 Å². The maximum atomic E-state index is 12.2. The van der Waals surface area contributed by atoms with Gasteiger partial charge in [0.25, 0.3) is 0 Å². The highest BCUT2D eigenvalue weighted by atomic mass is 35.5. The first-order chi connectivity index (χ1) is 11.1. The van der Waals surface area contributed by atoms with Crippen molar-refractivity contribution < 1.29 is 9.59 Å². The Morgan fingerprint density at radius 1 is 1.17 bits per heavy atom. The first-order valence-electron chi connectivity index (χ1n) is 8.46. The van der Waals surface area contributed by atoms with E-state index in [9.17, 15) is 9.59 Å². The van der Waals surface area contributed by atoms with E-state index in [4.69, 9.17) is 5.73 Å². The molecule has 1 aliphatic heterocycles. The Balaban J connectivity index is 0.00000208. The Hall–Kier alpha value is -1.59. The lowest BCUT2D eigenvalue weighted by molar-refractivity contribution is -0.134. The van der Waals surface area contributed by atoms with Crippen LogP contribution in [0.25, 0.3) is 0 Å². The molecule has 1 saturated heterocycles. The summed E-state index contributed by atoms with van der Waals surface area (Å²) in [4.78, 5) is 25.8. The molecule has 3 N–H and O–H groups in total. The minimum Gasteiger partial charge on any atom is -0.345 e. The summed E-state index contributed by atoms with van der Waals surface area (Å²) < 4.78 is 0. The van der Waals surface area contributed by atoms with E-state index < -0.39 is 5.54 Å². The Morgan fingerprint density at radius 3 is 2.38 bits per heavy atom. The Morgan fingerprint density at radius 2 is 1.79 bits per heavy atom. The lowest BCUT2D eigenvalue weighted by Gasteiger charge is -2.32. The topological polar surface area (TPSA) is 75.4 Å². The van der Waals surface area contributed by atoms with Crippen LogP contribution in [-0.2, 0) is 16.0 Å². The van der Waals surface area contributed by atoms with Crippen LogP contribution in [0.15, 0.2) is 30.3 Å². The van der Waals surface area contributed by atoms with Crippen LogP contribution in [0, 0.1) is 5.92 Å². The van der Waals surface area contributed by atoms with Gasteiger partial charge in [-0.2, -0.15) is 0 Å². The van der Waals surface area contributed by atoms with Crippen molar-refractivity contribution in [2.75, 3.05) is 19.6 Å². The van der Waals surface area contributed by atoms with Crippen molar-refractivity contribution in [3.05, 3.63) is 35.9 Å². The second-order valence-corrected chi connectivity index (χ2v) is 6.85. The van der Waals surface area contributed by atoms with Gasteiger partial charge in [0.15, 0.2) is 0 Å². The predicted octanol–water partition coefficient (Wildman–Crippen LogP) is 1.50. The summed E-state index contributed by atoms with van der Waals surface area (Å²) >= 11 is 0. The fourth-order valence-corrected chi connectivity index (χ4v) is 3.14. The quantitative estimate of drug-likeness (QED) is 0.844. The van der Waals surface area contributed by atoms with Gasteiger partial charge in [0.1, 0.15) is 0 Å². The summed E-state index contributed by atoms with van der Waals surface area (Å²) in [6, 6.07) is 10.5. The molecule has 1 aliphatic carbocycles. The summed E-state index contributed by atoms with van der Waals surface area (Å²) in [6.45, 7) is 1.63. The van der Waals surface area contributed by atoms with Crippen LogP contribution in [-0.4, -0.2) is 41.9 Å². The second kappa shape index (κ2) is 7.99. The van der Waals surface area contributed by atoms with E-state index in [2.05, 4.69) is 29.6 Å². The van der Waals surface area contributed by atoms with Crippen LogP contribution in [0.5, 0.6) is 0 Å². The summed E-state index contributed by atoms with van der Waals surface area (Å²) in [6.07, 6.45) is 4.57. The number of likely N-dealkylation sites (tertiary alicyclic amines) is 1. The van der Waals surface area contributed by atoms with Crippen molar-refractivity contribution in [3.8, 4) is 0 Å². The number of benzene rings is 1. The normalized spacial score (nSPS) is 19.3. The molecular weight excluding hydrogens is 326 g/mol. The van der Waals surface area contributed by atoms with Crippen LogP contribution < -0.4 is 11.1 Å². The number of nitrogens with one attached hydrogen (secondary N) is 1. The lowest BCUT2D eigenvalue weighted by Crippen LogP contribution is -2.48. The van der Waals surface area contributed by atoms with Gasteiger partial charge >= 0.3 is 0 Å². The second-order valence-electron chi connectivity index (χ2n) is 6.85. The third kappa shape index (κ3) is 4.71. The molecule has 0 spiro atoms. The van der Waals surface area contributed by atoms with E-state index in [1.165, 1.54) is 5.56 Å². The van der Waals surface area contributed by atoms with Crippen molar-refractivity contribution in [3.63, 3.8) is 0 Å². The molecule has 6 heteroatoms. The smallest absolute Gasteiger partial charge is 0.241 e. The van der Waals surface area contributed by atoms with Crippen LogP contribution in [0.2, 0.25) is 0 Å². The van der Waals surface area contributed by atoms with E-state index in [1.54, 1.807) is 0 Å². The van der Waals surface area contributed by atoms with Gasteiger partial charge < -0.3 is 16.0 Å². The third-order valence-electron chi connectivity index (χ3n) is 4.98. The van der Waals surface area contributed by atoms with E-state index in [1.807, 2.05) is 11.0 Å². The van der Waals surface area contributed by atoms with Crippen molar-refractivity contribution in [1.82, 2.24) is 10.2 Å². The summed E-state index contributed by atoms with van der Waals surface area (Å²) in [5.74, 6) is 0.445. The number of amides is 2. The summed E-state index contributed by atoms with van der Waals surface area (Å²) in [7, 11) is 0. The molecule has 1 aromatic carbocycles. The molecule has 1 heterocycles. The van der Waals surface area contributed by atoms with Gasteiger partial charge in [-0.15, -0.1) is 12.4 Å². The average Bonchev–Trinajstić information content (AvgIpc) is 3.33. The zero-order valence-electron chi connectivity index (χ0n) is 13.9. The highest BCUT2D eigenvalue weighted by Crippen LogP contribution is 2.32. The van der Waals surface area contributed by atoms with E-state index in [0.29, 0.717) is 5.92 Å². The number of hydrogen-bond donors (Lipinski definition) is 2. The minimum absolute atomic E-state index is 0. The van der Waals surface area contributed by atoms with Gasteiger partial charge in [-0.25, -0.2) is 0 Å². The van der Waals surface area contributed by atoms with Crippen molar-refractivity contribution in [1.29, 1.82) is 0 Å². The van der Waals surface area contributed by atoms with Gasteiger partial charge in [0.05, 0.1) is 12.1 Å². The number of carbonyl (C=O) groups excluding carboxylic acids is 2. The predicted molar refractivity (Wildman–Crippen MR) is 95.9 cm³/mol. The Kier molecular flexibility index (Phi) is 6.24. The molecule has 5 nitrogen and oxygen atoms in total. The maximum Gasteiger partial charge on any atom is 0.241 e. The van der Waals surface area contributed by atoms with Gasteiger partial charge in [0.2, 0.25) is 11.8 Å². The molecular formula is C18H26ClN3O2. The molecule has 2 amide bonds. The van der Waals surface area contributed by atoms with E-state index in [-0.39, 0.29) is 30.8 Å². The van der Waals surface area contributed by atoms with E-state index >= 15 is 0 Å². The van der Waals surface area contributed by atoms with Crippen LogP contribution in [0.1, 0.15) is 31.2 Å². The number of nitrogens with two attached hydrogens (primary N) is 1. The van der Waals surface area contributed by atoms with Crippen LogP contribution >= 0.6 is 12.4 Å². The molecule has 0 atom stereocenters. The first-order valence-corrected chi connectivity index (χ1v) is 8.46. The van der Waals surface area contributed by atoms with Gasteiger partial charge in [0, 0.05) is 13.1 Å². The Bertz CT molecular complexity index is 567. The highest BCUT2D eigenvalue weighted by molar-refractivity contribution is 5.92. The first kappa shape index (κ1) is 18.7. The molecule has 0 aromatic heterocycles. The molecule has 2 aliphatic rings. The molecule has 24 heavy (non-hydrogen) atoms. The van der Waals surface area contributed by atoms with Crippen molar-refractivity contribution in [2.24, 2.45) is 11.7 Å². The summed E-state index contributed by atoms with van der Waals surface area (Å²) in [5, 5.41) is 2.68. The minimum atomic E-state index is -0.705. The number of halogens is 1. The molecule has 132 valence electrons. The SMILES string of the molecule is Cl.NC1(C(=O)NCC(=O)N2CCC(Cc3ccccc3)CC2)CC1. The highest BCUT2D eigenvalue weighted by Gasteiger charge is 2.45. The summed E-state index contributed by atoms with van der Waals surface area (Å²) in [5.41, 5.74) is 6.47. The number of piperidine rings is 1. The van der Waals surface area contributed by atoms with Crippen LogP contribution in [0.3, 0.4) is 0 Å². The maximum absolute atomic E-state index is 12.2. The molecule has 0 bridgehead atoms. The molecule has 1 aromatic rings. The largest absolute Gasteiger partial charge is 0.345 e. The molecule has 3 rings (SSSR count). The third-order valence-corrected chi connectivity index (χ3v) is 4.98. The zero-order valence-corrected chi connectivity index (χ0v) is 14.7. The number of nitrogens with zero attached hydrogens (tertiary/aromatic N) is 1. The molecule has 2 fully saturated rings. The molecule has 0 unspecified atom stereocenters. The molecule has 1 saturated carbocycles. The monoisotopic (exact) mass is 351 g/mol. The number of carbonyl (C=O) groups is 2. The fraction of sp³-hybridized carbons (Fsp3) is 0.556. The number of hydrogen-bond acceptors (Lipinski definition) is 3. The molecule has 0 radical (unpaired) electrons. The fourth-order valence-electron chi connectivity index (χ4n) is 3.14. The standard InChI is InChI=1S/C18H25N3O2.ClH/c19-18(8-9-18)17(23)20-13-16(22)21-10-6-15(7-11-21)12-14-4-2-1-3-5-14;/h1-5,15H,6-13,19H2,(H,20,23);1H. The van der Waals surface area contributed by atoms with E-state index in [0.717, 1.165) is 45.2 Å². The van der Waals surface area contributed by atoms with Gasteiger partial charge in [-0.1, -0.05) is 30.3 Å². The van der Waals surface area contributed by atoms with Gasteiger partial charge in [-0.05, 0) is 43.6 Å². The van der Waals surface area contributed by atoms with Crippen molar-refractivity contribution >= 4 is 24.2 Å². The zero-order chi connectivity index (χ0) is 16.3. The number of rotatable bonds is 5.